The van der Waals surface area contributed by atoms with Crippen LogP contribution in [0.1, 0.15) is 17.2 Å². The number of aliphatic hydroxyl groups excluding tert-OH is 1. The number of ether oxygens (including phenoxy) is 2. The van der Waals surface area contributed by atoms with Gasteiger partial charge in [0.25, 0.3) is 0 Å². The average molecular weight is 294 g/mol. The van der Waals surface area contributed by atoms with Gasteiger partial charge in [0.05, 0.1) is 13.2 Å². The Morgan fingerprint density at radius 3 is 2.38 bits per heavy atom. The van der Waals surface area contributed by atoms with Gasteiger partial charge in [-0.25, -0.2) is 0 Å². The number of hydrogen-bond donors (Lipinski definition) is 1. The lowest BCUT2D eigenvalue weighted by Gasteiger charge is -2.13. The van der Waals surface area contributed by atoms with Gasteiger partial charge >= 0.3 is 6.61 Å². The van der Waals surface area contributed by atoms with Crippen LogP contribution in [0.3, 0.4) is 0 Å². The highest BCUT2D eigenvalue weighted by molar-refractivity contribution is 5.32. The van der Waals surface area contributed by atoms with Crippen molar-refractivity contribution in [3.8, 4) is 11.5 Å². The highest BCUT2D eigenvalue weighted by atomic mass is 19.3. The standard InChI is InChI=1S/C16H16F2O3/c1-20-13-7-5-11(6-8-13)9-15(19)12-3-2-4-14(10-12)21-16(17)18/h2-8,10,15-16,19H,9H2,1H3. The number of halogens is 2. The first-order valence-corrected chi connectivity index (χ1v) is 6.44. The van der Waals surface area contributed by atoms with Gasteiger partial charge in [0.1, 0.15) is 11.5 Å². The topological polar surface area (TPSA) is 38.7 Å². The third kappa shape index (κ3) is 4.43. The van der Waals surface area contributed by atoms with Crippen LogP contribution in [-0.4, -0.2) is 18.8 Å². The maximum Gasteiger partial charge on any atom is 0.387 e. The highest BCUT2D eigenvalue weighted by Crippen LogP contribution is 2.24. The molecule has 2 aromatic rings. The molecule has 21 heavy (non-hydrogen) atoms. The Hall–Kier alpha value is -2.14. The quantitative estimate of drug-likeness (QED) is 0.885. The molecule has 112 valence electrons. The Morgan fingerprint density at radius 2 is 1.76 bits per heavy atom. The van der Waals surface area contributed by atoms with Crippen molar-refractivity contribution in [2.75, 3.05) is 7.11 Å². The molecule has 0 fully saturated rings. The molecule has 0 heterocycles. The second-order valence-electron chi connectivity index (χ2n) is 4.52. The molecule has 0 aromatic heterocycles. The Kier molecular flexibility index (Phi) is 5.11. The van der Waals surface area contributed by atoms with E-state index in [1.807, 2.05) is 12.1 Å². The largest absolute Gasteiger partial charge is 0.497 e. The summed E-state index contributed by atoms with van der Waals surface area (Å²) in [5, 5.41) is 10.2. The van der Waals surface area contributed by atoms with E-state index in [-0.39, 0.29) is 5.75 Å². The van der Waals surface area contributed by atoms with Crippen LogP contribution < -0.4 is 9.47 Å². The zero-order valence-electron chi connectivity index (χ0n) is 11.5. The summed E-state index contributed by atoms with van der Waals surface area (Å²) in [4.78, 5) is 0. The first-order chi connectivity index (χ1) is 10.1. The monoisotopic (exact) mass is 294 g/mol. The summed E-state index contributed by atoms with van der Waals surface area (Å²) < 4.78 is 33.7. The predicted molar refractivity (Wildman–Crippen MR) is 74.7 cm³/mol. The third-order valence-electron chi connectivity index (χ3n) is 3.06. The SMILES string of the molecule is COc1ccc(CC(O)c2cccc(OC(F)F)c2)cc1. The molecule has 0 radical (unpaired) electrons. The summed E-state index contributed by atoms with van der Waals surface area (Å²) in [6.45, 7) is -2.88. The van der Waals surface area contributed by atoms with Gasteiger partial charge in [-0.15, -0.1) is 0 Å². The number of aliphatic hydroxyl groups is 1. The van der Waals surface area contributed by atoms with E-state index in [1.165, 1.54) is 12.1 Å². The minimum atomic E-state index is -2.88. The summed E-state index contributed by atoms with van der Waals surface area (Å²) in [5.74, 6) is 0.775. The van der Waals surface area contributed by atoms with Gasteiger partial charge in [-0.3, -0.25) is 0 Å². The van der Waals surface area contributed by atoms with Crippen molar-refractivity contribution in [1.82, 2.24) is 0 Å². The Balaban J connectivity index is 2.06. The molecule has 0 aliphatic rings. The van der Waals surface area contributed by atoms with Crippen LogP contribution in [0.5, 0.6) is 11.5 Å². The molecule has 0 saturated heterocycles. The van der Waals surface area contributed by atoms with Crippen molar-refractivity contribution >= 4 is 0 Å². The highest BCUT2D eigenvalue weighted by Gasteiger charge is 2.11. The summed E-state index contributed by atoms with van der Waals surface area (Å²) in [7, 11) is 1.58. The molecule has 0 bridgehead atoms. The summed E-state index contributed by atoms with van der Waals surface area (Å²) in [6, 6.07) is 13.4. The number of benzene rings is 2. The fourth-order valence-electron chi connectivity index (χ4n) is 2.00. The number of rotatable bonds is 6. The maximum absolute atomic E-state index is 12.2. The van der Waals surface area contributed by atoms with Gasteiger partial charge in [0, 0.05) is 6.42 Å². The lowest BCUT2D eigenvalue weighted by Crippen LogP contribution is -2.05. The molecule has 1 atom stereocenters. The van der Waals surface area contributed by atoms with Crippen LogP contribution in [0.4, 0.5) is 8.78 Å². The molecule has 0 aliphatic heterocycles. The second kappa shape index (κ2) is 7.04. The molecule has 1 unspecified atom stereocenters. The number of methoxy groups -OCH3 is 1. The van der Waals surface area contributed by atoms with E-state index in [9.17, 15) is 13.9 Å². The van der Waals surface area contributed by atoms with Crippen molar-refractivity contribution < 1.29 is 23.4 Å². The molecule has 2 rings (SSSR count). The van der Waals surface area contributed by atoms with E-state index in [2.05, 4.69) is 4.74 Å². The van der Waals surface area contributed by atoms with E-state index >= 15 is 0 Å². The second-order valence-corrected chi connectivity index (χ2v) is 4.52. The van der Waals surface area contributed by atoms with Crippen LogP contribution in [0, 0.1) is 0 Å². The van der Waals surface area contributed by atoms with Crippen molar-refractivity contribution in [2.45, 2.75) is 19.1 Å². The zero-order valence-corrected chi connectivity index (χ0v) is 11.5. The summed E-state index contributed by atoms with van der Waals surface area (Å²) in [6.07, 6.45) is -0.415. The van der Waals surface area contributed by atoms with Crippen LogP contribution in [-0.2, 0) is 6.42 Å². The van der Waals surface area contributed by atoms with E-state index in [0.29, 0.717) is 12.0 Å². The Labute approximate surface area is 121 Å². The Morgan fingerprint density at radius 1 is 1.05 bits per heavy atom. The van der Waals surface area contributed by atoms with E-state index < -0.39 is 12.7 Å². The van der Waals surface area contributed by atoms with Crippen molar-refractivity contribution in [3.63, 3.8) is 0 Å². The smallest absolute Gasteiger partial charge is 0.387 e. The number of alkyl halides is 2. The normalized spacial score (nSPS) is 12.2. The fraction of sp³-hybridized carbons (Fsp3) is 0.250. The van der Waals surface area contributed by atoms with Crippen molar-refractivity contribution in [1.29, 1.82) is 0 Å². The summed E-state index contributed by atoms with van der Waals surface area (Å²) >= 11 is 0. The molecule has 2 aromatic carbocycles. The zero-order chi connectivity index (χ0) is 15.2. The van der Waals surface area contributed by atoms with Crippen LogP contribution in [0.25, 0.3) is 0 Å². The molecular weight excluding hydrogens is 278 g/mol. The molecule has 0 saturated carbocycles. The van der Waals surface area contributed by atoms with Gasteiger partial charge < -0.3 is 14.6 Å². The van der Waals surface area contributed by atoms with E-state index in [4.69, 9.17) is 4.74 Å². The van der Waals surface area contributed by atoms with Crippen LogP contribution in [0.2, 0.25) is 0 Å². The molecule has 3 nitrogen and oxygen atoms in total. The van der Waals surface area contributed by atoms with Crippen molar-refractivity contribution in [2.24, 2.45) is 0 Å². The van der Waals surface area contributed by atoms with E-state index in [0.717, 1.165) is 11.3 Å². The molecule has 0 aliphatic carbocycles. The molecule has 0 spiro atoms. The average Bonchev–Trinajstić information content (AvgIpc) is 2.47. The molecule has 5 heteroatoms. The van der Waals surface area contributed by atoms with Crippen molar-refractivity contribution in [3.05, 3.63) is 59.7 Å². The predicted octanol–water partition coefficient (Wildman–Crippen LogP) is 3.57. The van der Waals surface area contributed by atoms with Gasteiger partial charge in [-0.1, -0.05) is 24.3 Å². The van der Waals surface area contributed by atoms with E-state index in [1.54, 1.807) is 31.4 Å². The lowest BCUT2D eigenvalue weighted by atomic mass is 10.0. The van der Waals surface area contributed by atoms with Gasteiger partial charge in [-0.05, 0) is 35.4 Å². The number of hydrogen-bond acceptors (Lipinski definition) is 3. The van der Waals surface area contributed by atoms with Gasteiger partial charge in [0.2, 0.25) is 0 Å². The third-order valence-corrected chi connectivity index (χ3v) is 3.06. The van der Waals surface area contributed by atoms with Gasteiger partial charge in [0.15, 0.2) is 0 Å². The minimum absolute atomic E-state index is 0.0382. The van der Waals surface area contributed by atoms with Gasteiger partial charge in [-0.2, -0.15) is 8.78 Å². The molecule has 0 amide bonds. The van der Waals surface area contributed by atoms with Crippen LogP contribution >= 0.6 is 0 Å². The first kappa shape index (κ1) is 15.3. The molecular formula is C16H16F2O3. The molecule has 1 N–H and O–H groups in total. The Bertz CT molecular complexity index is 570. The minimum Gasteiger partial charge on any atom is -0.497 e. The first-order valence-electron chi connectivity index (χ1n) is 6.44. The lowest BCUT2D eigenvalue weighted by molar-refractivity contribution is -0.0499. The summed E-state index contributed by atoms with van der Waals surface area (Å²) in [5.41, 5.74) is 1.45. The fourth-order valence-corrected chi connectivity index (χ4v) is 2.00. The maximum atomic E-state index is 12.2. The van der Waals surface area contributed by atoms with Crippen LogP contribution in [0.15, 0.2) is 48.5 Å².